The van der Waals surface area contributed by atoms with E-state index in [-0.39, 0.29) is 30.3 Å². The second kappa shape index (κ2) is 13.3. The maximum absolute atomic E-state index is 13.3. The molecule has 4 rings (SSSR count). The van der Waals surface area contributed by atoms with Crippen LogP contribution >= 0.6 is 0 Å². The monoisotopic (exact) mass is 527 g/mol. The summed E-state index contributed by atoms with van der Waals surface area (Å²) in [5.74, 6) is -2.70. The summed E-state index contributed by atoms with van der Waals surface area (Å²) < 4.78 is 0. The first-order valence-corrected chi connectivity index (χ1v) is 13.4. The Balaban J connectivity index is 1.49. The van der Waals surface area contributed by atoms with Gasteiger partial charge >= 0.3 is 7.12 Å². The fraction of sp³-hybridized carbons (Fsp3) is 0.333. The van der Waals surface area contributed by atoms with Crippen LogP contribution < -0.4 is 10.6 Å². The van der Waals surface area contributed by atoms with Gasteiger partial charge in [0.15, 0.2) is 5.78 Å². The largest absolute Gasteiger partial charge is 0.475 e. The molecule has 2 atom stereocenters. The molecule has 1 saturated carbocycles. The third-order valence-electron chi connectivity index (χ3n) is 7.23. The van der Waals surface area contributed by atoms with Gasteiger partial charge in [0, 0.05) is 24.1 Å². The normalized spacial score (nSPS) is 14.5. The number of hydrogen-bond acceptors (Lipinski definition) is 6. The number of hydrogen-bond donors (Lipinski definition) is 4. The number of ketones is 1. The molecule has 3 aromatic rings. The molecule has 1 fully saturated rings. The number of aryl methyl sites for hydroxylation is 1. The van der Waals surface area contributed by atoms with Crippen molar-refractivity contribution in [3.63, 3.8) is 0 Å². The number of rotatable bonds is 12. The van der Waals surface area contributed by atoms with Crippen molar-refractivity contribution in [2.45, 2.75) is 45.0 Å². The number of benzene rings is 2. The Hall–Kier alpha value is -3.82. The van der Waals surface area contributed by atoms with Gasteiger partial charge < -0.3 is 20.7 Å². The summed E-state index contributed by atoms with van der Waals surface area (Å²) in [7, 11) is -1.72. The molecule has 39 heavy (non-hydrogen) atoms. The molecule has 0 aliphatic heterocycles. The standard InChI is InChI=1S/C30H34BN3O5/c1-20-13-15-23(16-14-20)29(36)32-19-24(30(37)34-28(31(38)39)17-21-7-5-8-21)18-27(35)26-12-6-11-25(33-26)22-9-3-2-4-10-22/h2-4,6,9-16,21,24,28,38-39H,5,7-8,17-19H2,1H3,(H,32,36)(H,34,37)/t24-,28-/m0/s1. The van der Waals surface area contributed by atoms with Crippen LogP contribution in [0.2, 0.25) is 0 Å². The van der Waals surface area contributed by atoms with Crippen LogP contribution in [0.4, 0.5) is 0 Å². The van der Waals surface area contributed by atoms with E-state index in [4.69, 9.17) is 0 Å². The molecular weight excluding hydrogens is 493 g/mol. The number of carbonyl (C=O) groups excluding carboxylic acids is 3. The van der Waals surface area contributed by atoms with Crippen molar-refractivity contribution in [1.82, 2.24) is 15.6 Å². The van der Waals surface area contributed by atoms with Crippen LogP contribution in [0.15, 0.2) is 72.8 Å². The summed E-state index contributed by atoms with van der Waals surface area (Å²) in [5, 5.41) is 25.3. The lowest BCUT2D eigenvalue weighted by atomic mass is 9.69. The first-order chi connectivity index (χ1) is 18.8. The van der Waals surface area contributed by atoms with Crippen molar-refractivity contribution >= 4 is 24.7 Å². The van der Waals surface area contributed by atoms with E-state index in [1.807, 2.05) is 55.5 Å². The van der Waals surface area contributed by atoms with Crippen molar-refractivity contribution in [2.24, 2.45) is 11.8 Å². The van der Waals surface area contributed by atoms with Crippen LogP contribution in [0.5, 0.6) is 0 Å². The lowest BCUT2D eigenvalue weighted by molar-refractivity contribution is -0.125. The zero-order valence-electron chi connectivity index (χ0n) is 22.0. The van der Waals surface area contributed by atoms with E-state index >= 15 is 0 Å². The Morgan fingerprint density at radius 3 is 2.33 bits per heavy atom. The summed E-state index contributed by atoms with van der Waals surface area (Å²) in [6.45, 7) is 1.82. The van der Waals surface area contributed by atoms with Crippen LogP contribution in [0.1, 0.15) is 58.5 Å². The van der Waals surface area contributed by atoms with E-state index < -0.39 is 24.9 Å². The highest BCUT2D eigenvalue weighted by Crippen LogP contribution is 2.30. The first kappa shape index (κ1) is 28.2. The molecule has 1 heterocycles. The van der Waals surface area contributed by atoms with Crippen LogP contribution in [0, 0.1) is 18.8 Å². The maximum atomic E-state index is 13.3. The molecule has 0 unspecified atom stereocenters. The second-order valence-electron chi connectivity index (χ2n) is 10.2. The summed E-state index contributed by atoms with van der Waals surface area (Å²) >= 11 is 0. The topological polar surface area (TPSA) is 129 Å². The molecule has 9 heteroatoms. The van der Waals surface area contributed by atoms with Crippen molar-refractivity contribution < 1.29 is 24.4 Å². The van der Waals surface area contributed by atoms with Crippen LogP contribution in [0.3, 0.4) is 0 Å². The van der Waals surface area contributed by atoms with E-state index in [0.717, 1.165) is 30.4 Å². The Bertz CT molecular complexity index is 1280. The third-order valence-corrected chi connectivity index (χ3v) is 7.23. The van der Waals surface area contributed by atoms with Crippen molar-refractivity contribution in [2.75, 3.05) is 6.54 Å². The molecule has 4 N–H and O–H groups in total. The number of pyridine rings is 1. The Morgan fingerprint density at radius 1 is 0.974 bits per heavy atom. The minimum atomic E-state index is -1.72. The van der Waals surface area contributed by atoms with Gasteiger partial charge in [0.05, 0.1) is 17.6 Å². The van der Waals surface area contributed by atoms with Crippen LogP contribution in [-0.4, -0.2) is 52.2 Å². The average Bonchev–Trinajstić information content (AvgIpc) is 2.92. The van der Waals surface area contributed by atoms with E-state index in [1.165, 1.54) is 0 Å². The van der Waals surface area contributed by atoms with E-state index in [2.05, 4.69) is 15.6 Å². The zero-order valence-corrected chi connectivity index (χ0v) is 22.0. The lowest BCUT2D eigenvalue weighted by Crippen LogP contribution is -2.51. The third kappa shape index (κ3) is 7.85. The summed E-state index contributed by atoms with van der Waals surface area (Å²) in [6, 6.07) is 21.7. The molecule has 2 aromatic carbocycles. The van der Waals surface area contributed by atoms with Gasteiger partial charge in [-0.15, -0.1) is 0 Å². The number of Topliss-reactive ketones (excluding diaryl/α,β-unsaturated/α-hetero) is 1. The van der Waals surface area contributed by atoms with Gasteiger partial charge in [-0.1, -0.05) is 73.4 Å². The molecular formula is C30H34BN3O5. The SMILES string of the molecule is Cc1ccc(C(=O)NC[C@H](CC(=O)c2cccc(-c3ccccc3)n2)C(=O)N[C@@H](CC2CCC2)B(O)O)cc1. The molecule has 0 radical (unpaired) electrons. The van der Waals surface area contributed by atoms with E-state index in [0.29, 0.717) is 23.6 Å². The Morgan fingerprint density at radius 2 is 1.69 bits per heavy atom. The van der Waals surface area contributed by atoms with Gasteiger partial charge in [-0.3, -0.25) is 14.4 Å². The number of nitrogens with zero attached hydrogens (tertiary/aromatic N) is 1. The molecule has 202 valence electrons. The molecule has 1 aromatic heterocycles. The molecule has 2 amide bonds. The first-order valence-electron chi connectivity index (χ1n) is 13.4. The molecule has 1 aliphatic carbocycles. The zero-order chi connectivity index (χ0) is 27.8. The average molecular weight is 527 g/mol. The predicted octanol–water partition coefficient (Wildman–Crippen LogP) is 3.36. The number of nitrogens with one attached hydrogen (secondary N) is 2. The van der Waals surface area contributed by atoms with Crippen molar-refractivity contribution in [3.8, 4) is 11.3 Å². The van der Waals surface area contributed by atoms with Crippen LogP contribution in [0.25, 0.3) is 11.3 Å². The van der Waals surface area contributed by atoms with Gasteiger partial charge in [0.25, 0.3) is 5.91 Å². The van der Waals surface area contributed by atoms with Crippen LogP contribution in [-0.2, 0) is 4.79 Å². The molecule has 0 bridgehead atoms. The van der Waals surface area contributed by atoms with E-state index in [1.54, 1.807) is 24.3 Å². The minimum Gasteiger partial charge on any atom is -0.426 e. The number of aromatic nitrogens is 1. The fourth-order valence-corrected chi connectivity index (χ4v) is 4.61. The fourth-order valence-electron chi connectivity index (χ4n) is 4.61. The smallest absolute Gasteiger partial charge is 0.426 e. The Kier molecular flexibility index (Phi) is 9.62. The highest BCUT2D eigenvalue weighted by atomic mass is 16.4. The molecule has 1 aliphatic rings. The van der Waals surface area contributed by atoms with Gasteiger partial charge in [-0.05, 0) is 43.5 Å². The van der Waals surface area contributed by atoms with Gasteiger partial charge in [0.1, 0.15) is 5.69 Å². The Labute approximate surface area is 229 Å². The molecule has 8 nitrogen and oxygen atoms in total. The summed E-state index contributed by atoms with van der Waals surface area (Å²) in [5.41, 5.74) is 3.17. The van der Waals surface area contributed by atoms with Crippen molar-refractivity contribution in [3.05, 3.63) is 89.6 Å². The molecule has 0 spiro atoms. The summed E-state index contributed by atoms with van der Waals surface area (Å²) in [6.07, 6.45) is 3.29. The van der Waals surface area contributed by atoms with Gasteiger partial charge in [-0.25, -0.2) is 4.98 Å². The van der Waals surface area contributed by atoms with Crippen molar-refractivity contribution in [1.29, 1.82) is 0 Å². The van der Waals surface area contributed by atoms with Gasteiger partial charge in [0.2, 0.25) is 5.91 Å². The predicted molar refractivity (Wildman–Crippen MR) is 150 cm³/mol. The number of carbonyl (C=O) groups is 3. The summed E-state index contributed by atoms with van der Waals surface area (Å²) in [4.78, 5) is 43.9. The highest BCUT2D eigenvalue weighted by molar-refractivity contribution is 6.43. The number of amides is 2. The van der Waals surface area contributed by atoms with E-state index in [9.17, 15) is 24.4 Å². The van der Waals surface area contributed by atoms with Gasteiger partial charge in [-0.2, -0.15) is 0 Å². The maximum Gasteiger partial charge on any atom is 0.475 e. The molecule has 0 saturated heterocycles. The quantitative estimate of drug-likeness (QED) is 0.211. The lowest BCUT2D eigenvalue weighted by Gasteiger charge is -2.30. The highest BCUT2D eigenvalue weighted by Gasteiger charge is 2.33. The second-order valence-corrected chi connectivity index (χ2v) is 10.2. The minimum absolute atomic E-state index is 0.0969.